The summed E-state index contributed by atoms with van der Waals surface area (Å²) >= 11 is 2.03. The number of hydrogen-bond acceptors (Lipinski definition) is 7. The Balaban J connectivity index is 0.000000153. The fourth-order valence-corrected chi connectivity index (χ4v) is 6.16. The molecule has 0 amide bonds. The van der Waals surface area contributed by atoms with Crippen molar-refractivity contribution >= 4 is 18.5 Å². The third-order valence-electron chi connectivity index (χ3n) is 7.23. The molecule has 0 aliphatic carbocycles. The van der Waals surface area contributed by atoms with E-state index in [1.165, 1.54) is 23.7 Å². The van der Waals surface area contributed by atoms with Gasteiger partial charge in [-0.05, 0) is 33.8 Å². The van der Waals surface area contributed by atoms with Gasteiger partial charge in [-0.3, -0.25) is 19.5 Å². The van der Waals surface area contributed by atoms with Crippen molar-refractivity contribution in [1.29, 1.82) is 0 Å². The summed E-state index contributed by atoms with van der Waals surface area (Å²) < 4.78 is 7.58. The van der Waals surface area contributed by atoms with E-state index in [0.29, 0.717) is 22.9 Å². The Kier molecular flexibility index (Phi) is 7.05. The minimum absolute atomic E-state index is 0.307. The fraction of sp³-hybridized carbons (Fsp3) is 0.750. The molecule has 4 aliphatic rings. The van der Waals surface area contributed by atoms with Gasteiger partial charge in [0.15, 0.2) is 0 Å². The molecule has 7 nitrogen and oxygen atoms in total. The molecule has 0 saturated carbocycles. The minimum Gasteiger partial charge on any atom is -0.380 e. The van der Waals surface area contributed by atoms with Crippen LogP contribution in [0.1, 0.15) is 33.4 Å². The molecule has 3 fully saturated rings. The summed E-state index contributed by atoms with van der Waals surface area (Å²) in [5.74, 6) is 2.49. The Labute approximate surface area is 197 Å². The third kappa shape index (κ3) is 4.93. The maximum absolute atomic E-state index is 5.42. The summed E-state index contributed by atoms with van der Waals surface area (Å²) in [5.41, 5.74) is 3.13. The van der Waals surface area contributed by atoms with E-state index in [-0.39, 0.29) is 0 Å². The summed E-state index contributed by atoms with van der Waals surface area (Å²) in [7, 11) is 0. The quantitative estimate of drug-likeness (QED) is 0.647. The van der Waals surface area contributed by atoms with Crippen LogP contribution in [0, 0.1) is 10.8 Å². The van der Waals surface area contributed by atoms with Gasteiger partial charge in [0.25, 0.3) is 0 Å². The first kappa shape index (κ1) is 23.8. The van der Waals surface area contributed by atoms with E-state index in [1.807, 2.05) is 23.0 Å². The second-order valence-electron chi connectivity index (χ2n) is 10.7. The van der Waals surface area contributed by atoms with E-state index in [2.05, 4.69) is 71.7 Å². The van der Waals surface area contributed by atoms with Crippen LogP contribution in [0.25, 0.3) is 0 Å². The van der Waals surface area contributed by atoms with Crippen LogP contribution in [-0.2, 0) is 17.8 Å². The second kappa shape index (κ2) is 9.49. The van der Waals surface area contributed by atoms with Crippen molar-refractivity contribution in [2.45, 2.75) is 52.9 Å². The van der Waals surface area contributed by atoms with Crippen molar-refractivity contribution in [3.63, 3.8) is 0 Å². The van der Waals surface area contributed by atoms with Crippen molar-refractivity contribution < 1.29 is 4.74 Å². The molecule has 3 saturated heterocycles. The van der Waals surface area contributed by atoms with Gasteiger partial charge in [0, 0.05) is 85.8 Å². The van der Waals surface area contributed by atoms with Gasteiger partial charge in [-0.15, -0.1) is 0 Å². The number of rotatable bonds is 3. The van der Waals surface area contributed by atoms with Gasteiger partial charge >= 0.3 is 0 Å². The van der Waals surface area contributed by atoms with Crippen LogP contribution in [0.4, 0.5) is 0 Å². The van der Waals surface area contributed by atoms with Crippen LogP contribution in [0.3, 0.4) is 0 Å². The number of fused-ring (bicyclic) bond motifs is 1. The third-order valence-corrected chi connectivity index (χ3v) is 8.86. The van der Waals surface area contributed by atoms with E-state index in [0.717, 1.165) is 51.6 Å². The monoisotopic (exact) mass is 460 g/mol. The lowest BCUT2D eigenvalue weighted by Gasteiger charge is -2.44. The number of ether oxygens (including phenoxy) is 1. The summed E-state index contributed by atoms with van der Waals surface area (Å²) in [5, 5.41) is 10.5. The standard InChI is InChI=1S/C12H19N3O.C12H21N3S/c1-10(2)14-5-11-3-4-13-15(11)7-12(6-14)8-16-9-12;1-10(2)14-5-11(3)15(13-4)7-12(6-14)8-16-9-12/h3-4,10H,5-9H2,1-2H3;10H,3-9H2,1-2H3. The average Bonchev–Trinajstić information content (AvgIpc) is 2.95. The highest BCUT2D eigenvalue weighted by Crippen LogP contribution is 2.42. The number of hydrazone groups is 1. The van der Waals surface area contributed by atoms with Gasteiger partial charge in [-0.25, -0.2) is 0 Å². The number of aromatic nitrogens is 2. The van der Waals surface area contributed by atoms with Gasteiger partial charge in [-0.1, -0.05) is 6.58 Å². The first-order valence-electron chi connectivity index (χ1n) is 11.8. The summed E-state index contributed by atoms with van der Waals surface area (Å²) in [6.07, 6.45) is 1.91. The van der Waals surface area contributed by atoms with E-state index in [1.54, 1.807) is 0 Å². The predicted molar refractivity (Wildman–Crippen MR) is 133 cm³/mol. The minimum atomic E-state index is 0.307. The molecule has 0 unspecified atom stereocenters. The molecular formula is C24H40N6OS. The highest BCUT2D eigenvalue weighted by Gasteiger charge is 2.44. The maximum Gasteiger partial charge on any atom is 0.0575 e. The zero-order valence-electron chi connectivity index (χ0n) is 20.3. The van der Waals surface area contributed by atoms with E-state index < -0.39 is 0 Å². The summed E-state index contributed by atoms with van der Waals surface area (Å²) in [6, 6.07) is 3.29. The molecule has 5 rings (SSSR count). The Hall–Kier alpha value is -1.35. The maximum atomic E-state index is 5.42. The number of hydrogen-bond donors (Lipinski definition) is 0. The Morgan fingerprint density at radius 3 is 2.19 bits per heavy atom. The molecule has 0 aromatic carbocycles. The lowest BCUT2D eigenvalue weighted by molar-refractivity contribution is -0.135. The first-order chi connectivity index (χ1) is 15.2. The molecule has 1 aromatic heterocycles. The molecule has 0 bridgehead atoms. The molecule has 0 radical (unpaired) electrons. The molecule has 2 spiro atoms. The topological polar surface area (TPSA) is 49.1 Å². The molecule has 4 aliphatic heterocycles. The van der Waals surface area contributed by atoms with Crippen LogP contribution in [-0.4, -0.2) is 94.3 Å². The van der Waals surface area contributed by atoms with Gasteiger partial charge in [0.1, 0.15) is 0 Å². The van der Waals surface area contributed by atoms with Crippen molar-refractivity contribution in [3.05, 3.63) is 30.2 Å². The average molecular weight is 461 g/mol. The summed E-state index contributed by atoms with van der Waals surface area (Å²) in [4.78, 5) is 5.04. The Morgan fingerprint density at radius 2 is 1.66 bits per heavy atom. The number of thioether (sulfide) groups is 1. The van der Waals surface area contributed by atoms with Crippen molar-refractivity contribution in [1.82, 2.24) is 24.6 Å². The van der Waals surface area contributed by atoms with Crippen LogP contribution in [0.2, 0.25) is 0 Å². The largest absolute Gasteiger partial charge is 0.380 e. The molecule has 0 N–H and O–H groups in total. The zero-order valence-corrected chi connectivity index (χ0v) is 21.1. The highest BCUT2D eigenvalue weighted by molar-refractivity contribution is 8.00. The zero-order chi connectivity index (χ0) is 22.9. The van der Waals surface area contributed by atoms with Crippen LogP contribution in [0.5, 0.6) is 0 Å². The SMILES string of the molecule is C=NN1CC2(CSC2)CN(C(C)C)CC1=C.CC(C)N1Cc2ccnn2CC2(COC2)C1. The number of nitrogens with zero attached hydrogens (tertiary/aromatic N) is 6. The predicted octanol–water partition coefficient (Wildman–Crippen LogP) is 3.00. The first-order valence-corrected chi connectivity index (χ1v) is 13.0. The van der Waals surface area contributed by atoms with Crippen LogP contribution in [0.15, 0.2) is 29.6 Å². The molecule has 32 heavy (non-hydrogen) atoms. The van der Waals surface area contributed by atoms with E-state index in [9.17, 15) is 0 Å². The molecular weight excluding hydrogens is 420 g/mol. The van der Waals surface area contributed by atoms with Gasteiger partial charge in [-0.2, -0.15) is 22.0 Å². The molecule has 1 aromatic rings. The van der Waals surface area contributed by atoms with Gasteiger partial charge in [0.2, 0.25) is 0 Å². The van der Waals surface area contributed by atoms with Gasteiger partial charge in [0.05, 0.1) is 25.5 Å². The Bertz CT molecular complexity index is 813. The normalized spacial score (nSPS) is 24.9. The van der Waals surface area contributed by atoms with Crippen molar-refractivity contribution in [2.75, 3.05) is 50.9 Å². The summed E-state index contributed by atoms with van der Waals surface area (Å²) in [6.45, 7) is 24.8. The molecule has 178 valence electrons. The van der Waals surface area contributed by atoms with Crippen molar-refractivity contribution in [3.8, 4) is 0 Å². The molecule has 8 heteroatoms. The van der Waals surface area contributed by atoms with Gasteiger partial charge < -0.3 is 4.74 Å². The fourth-order valence-electron chi connectivity index (χ4n) is 5.01. The smallest absolute Gasteiger partial charge is 0.0575 e. The highest BCUT2D eigenvalue weighted by atomic mass is 32.2. The lowest BCUT2D eigenvalue weighted by Crippen LogP contribution is -2.52. The second-order valence-corrected chi connectivity index (χ2v) is 11.7. The molecule has 5 heterocycles. The lowest BCUT2D eigenvalue weighted by atomic mass is 9.85. The van der Waals surface area contributed by atoms with E-state index >= 15 is 0 Å². The van der Waals surface area contributed by atoms with Crippen molar-refractivity contribution in [2.24, 2.45) is 15.9 Å². The molecule has 0 atom stereocenters. The van der Waals surface area contributed by atoms with Crippen LogP contribution < -0.4 is 0 Å². The van der Waals surface area contributed by atoms with E-state index in [4.69, 9.17) is 4.74 Å². The Morgan fingerprint density at radius 1 is 1.00 bits per heavy atom. The van der Waals surface area contributed by atoms with Crippen LogP contribution >= 0.6 is 11.8 Å².